The van der Waals surface area contributed by atoms with Crippen molar-refractivity contribution in [3.8, 4) is 0 Å². The molecule has 0 radical (unpaired) electrons. The third-order valence-electron chi connectivity index (χ3n) is 1.79. The van der Waals surface area contributed by atoms with Crippen molar-refractivity contribution in [2.75, 3.05) is 7.05 Å². The van der Waals surface area contributed by atoms with Gasteiger partial charge in [-0.25, -0.2) is 5.48 Å². The predicted octanol–water partition coefficient (Wildman–Crippen LogP) is 0.452. The lowest BCUT2D eigenvalue weighted by atomic mass is 10.1. The van der Waals surface area contributed by atoms with Gasteiger partial charge in [0.25, 0.3) is 5.91 Å². The number of likely N-dealkylation sites (N-methyl/N-ethyl adjacent to an activating group) is 1. The van der Waals surface area contributed by atoms with E-state index in [2.05, 4.69) is 5.32 Å². The predicted molar refractivity (Wildman–Crippen MR) is 48.2 cm³/mol. The van der Waals surface area contributed by atoms with Crippen LogP contribution in [-0.4, -0.2) is 18.2 Å². The summed E-state index contributed by atoms with van der Waals surface area (Å²) in [6, 6.07) is 8.67. The summed E-state index contributed by atoms with van der Waals surface area (Å²) in [5, 5.41) is 11.3. The molecule has 1 amide bonds. The zero-order chi connectivity index (χ0) is 9.68. The molecule has 0 saturated heterocycles. The zero-order valence-electron chi connectivity index (χ0n) is 7.32. The molecular weight excluding hydrogens is 168 g/mol. The molecule has 0 spiro atoms. The Morgan fingerprint density at radius 1 is 1.38 bits per heavy atom. The van der Waals surface area contributed by atoms with Gasteiger partial charge in [0, 0.05) is 0 Å². The quantitative estimate of drug-likeness (QED) is 0.467. The molecule has 13 heavy (non-hydrogen) atoms. The highest BCUT2D eigenvalue weighted by Crippen LogP contribution is 2.11. The van der Waals surface area contributed by atoms with Crippen molar-refractivity contribution < 1.29 is 10.0 Å². The first-order chi connectivity index (χ1) is 6.29. The van der Waals surface area contributed by atoms with Crippen molar-refractivity contribution in [1.29, 1.82) is 0 Å². The van der Waals surface area contributed by atoms with E-state index in [-0.39, 0.29) is 0 Å². The van der Waals surface area contributed by atoms with E-state index in [1.54, 1.807) is 12.5 Å². The fourth-order valence-corrected chi connectivity index (χ4v) is 1.16. The molecule has 1 aromatic carbocycles. The van der Waals surface area contributed by atoms with Gasteiger partial charge in [-0.05, 0) is 12.6 Å². The standard InChI is InChI=1S/C9H12N2O2/c1-10-8(9(12)11-13)7-5-3-2-4-6-7/h2-6,8,10,13H,1H3,(H,11,12)/t8-/m1/s1. The molecule has 1 rings (SSSR count). The minimum absolute atomic E-state index is 0.464. The van der Waals surface area contributed by atoms with E-state index in [1.165, 1.54) is 0 Å². The van der Waals surface area contributed by atoms with E-state index in [1.807, 2.05) is 30.3 Å². The minimum atomic E-state index is -0.508. The van der Waals surface area contributed by atoms with E-state index >= 15 is 0 Å². The van der Waals surface area contributed by atoms with Crippen LogP contribution in [0.3, 0.4) is 0 Å². The van der Waals surface area contributed by atoms with Gasteiger partial charge in [-0.2, -0.15) is 0 Å². The summed E-state index contributed by atoms with van der Waals surface area (Å²) < 4.78 is 0. The lowest BCUT2D eigenvalue weighted by molar-refractivity contribution is -0.131. The van der Waals surface area contributed by atoms with Gasteiger partial charge in [0.05, 0.1) is 0 Å². The van der Waals surface area contributed by atoms with E-state index in [9.17, 15) is 4.79 Å². The van der Waals surface area contributed by atoms with Crippen LogP contribution in [0.25, 0.3) is 0 Å². The molecule has 4 heteroatoms. The Morgan fingerprint density at radius 3 is 2.46 bits per heavy atom. The number of rotatable bonds is 3. The number of hydrogen-bond acceptors (Lipinski definition) is 3. The number of carbonyl (C=O) groups excluding carboxylic acids is 1. The largest absolute Gasteiger partial charge is 0.305 e. The molecule has 0 fully saturated rings. The Labute approximate surface area is 76.5 Å². The van der Waals surface area contributed by atoms with Crippen LogP contribution in [0.4, 0.5) is 0 Å². The Hall–Kier alpha value is -1.39. The van der Waals surface area contributed by atoms with E-state index in [0.29, 0.717) is 0 Å². The number of benzene rings is 1. The van der Waals surface area contributed by atoms with Gasteiger partial charge in [-0.1, -0.05) is 30.3 Å². The summed E-state index contributed by atoms with van der Waals surface area (Å²) in [6.07, 6.45) is 0. The van der Waals surface area contributed by atoms with Crippen LogP contribution in [0.2, 0.25) is 0 Å². The van der Waals surface area contributed by atoms with Gasteiger partial charge >= 0.3 is 0 Å². The smallest absolute Gasteiger partial charge is 0.265 e. The van der Waals surface area contributed by atoms with Crippen LogP contribution in [0, 0.1) is 0 Å². The normalized spacial score (nSPS) is 12.2. The Kier molecular flexibility index (Phi) is 3.42. The number of carbonyl (C=O) groups is 1. The van der Waals surface area contributed by atoms with Gasteiger partial charge in [-0.15, -0.1) is 0 Å². The molecule has 0 saturated carbocycles. The summed E-state index contributed by atoms with van der Waals surface area (Å²) >= 11 is 0. The van der Waals surface area contributed by atoms with Crippen molar-refractivity contribution >= 4 is 5.91 Å². The van der Waals surface area contributed by atoms with Crippen molar-refractivity contribution in [3.63, 3.8) is 0 Å². The first-order valence-corrected chi connectivity index (χ1v) is 3.95. The molecule has 0 unspecified atom stereocenters. The molecule has 70 valence electrons. The summed E-state index contributed by atoms with van der Waals surface area (Å²) in [7, 11) is 1.66. The third kappa shape index (κ3) is 2.27. The molecule has 4 nitrogen and oxygen atoms in total. The number of nitrogens with one attached hydrogen (secondary N) is 2. The lowest BCUT2D eigenvalue weighted by Crippen LogP contribution is -2.34. The molecule has 0 bridgehead atoms. The molecule has 0 aliphatic rings. The Balaban J connectivity index is 2.85. The first kappa shape index (κ1) is 9.70. The monoisotopic (exact) mass is 180 g/mol. The average molecular weight is 180 g/mol. The van der Waals surface area contributed by atoms with Gasteiger partial charge in [-0.3, -0.25) is 10.0 Å². The maximum atomic E-state index is 11.1. The molecule has 0 aliphatic heterocycles. The number of hydrogen-bond donors (Lipinski definition) is 3. The van der Waals surface area contributed by atoms with Crippen molar-refractivity contribution in [2.24, 2.45) is 0 Å². The molecule has 1 aromatic rings. The molecular formula is C9H12N2O2. The van der Waals surface area contributed by atoms with Crippen LogP contribution in [0.15, 0.2) is 30.3 Å². The van der Waals surface area contributed by atoms with E-state index < -0.39 is 11.9 Å². The molecule has 0 heterocycles. The second-order valence-corrected chi connectivity index (χ2v) is 2.61. The third-order valence-corrected chi connectivity index (χ3v) is 1.79. The fraction of sp³-hybridized carbons (Fsp3) is 0.222. The fourth-order valence-electron chi connectivity index (χ4n) is 1.16. The van der Waals surface area contributed by atoms with Gasteiger partial charge in [0.15, 0.2) is 0 Å². The highest BCUT2D eigenvalue weighted by molar-refractivity contribution is 5.82. The van der Waals surface area contributed by atoms with E-state index in [0.717, 1.165) is 5.56 Å². The second-order valence-electron chi connectivity index (χ2n) is 2.61. The number of hydroxylamine groups is 1. The van der Waals surface area contributed by atoms with Crippen LogP contribution in [-0.2, 0) is 4.79 Å². The molecule has 0 aromatic heterocycles. The van der Waals surface area contributed by atoms with Crippen LogP contribution in [0.5, 0.6) is 0 Å². The first-order valence-electron chi connectivity index (χ1n) is 3.95. The van der Waals surface area contributed by atoms with Crippen molar-refractivity contribution in [1.82, 2.24) is 10.8 Å². The van der Waals surface area contributed by atoms with Crippen molar-refractivity contribution in [3.05, 3.63) is 35.9 Å². The minimum Gasteiger partial charge on any atom is -0.305 e. The molecule has 0 aliphatic carbocycles. The highest BCUT2D eigenvalue weighted by atomic mass is 16.5. The number of amides is 1. The summed E-state index contributed by atoms with van der Waals surface area (Å²) in [4.78, 5) is 11.1. The van der Waals surface area contributed by atoms with Crippen LogP contribution < -0.4 is 10.8 Å². The zero-order valence-corrected chi connectivity index (χ0v) is 7.32. The van der Waals surface area contributed by atoms with E-state index in [4.69, 9.17) is 5.21 Å². The lowest BCUT2D eigenvalue weighted by Gasteiger charge is -2.13. The van der Waals surface area contributed by atoms with Crippen LogP contribution in [0.1, 0.15) is 11.6 Å². The Bertz CT molecular complexity index is 274. The van der Waals surface area contributed by atoms with Gasteiger partial charge < -0.3 is 5.32 Å². The van der Waals surface area contributed by atoms with Gasteiger partial charge in [0.1, 0.15) is 6.04 Å². The van der Waals surface area contributed by atoms with Crippen molar-refractivity contribution in [2.45, 2.75) is 6.04 Å². The van der Waals surface area contributed by atoms with Gasteiger partial charge in [0.2, 0.25) is 0 Å². The summed E-state index contributed by atoms with van der Waals surface area (Å²) in [5.74, 6) is -0.464. The second kappa shape index (κ2) is 4.59. The average Bonchev–Trinajstić information content (AvgIpc) is 2.20. The topological polar surface area (TPSA) is 61.4 Å². The highest BCUT2D eigenvalue weighted by Gasteiger charge is 2.16. The molecule has 3 N–H and O–H groups in total. The summed E-state index contributed by atoms with van der Waals surface area (Å²) in [6.45, 7) is 0. The molecule has 1 atom stereocenters. The maximum Gasteiger partial charge on any atom is 0.265 e. The Morgan fingerprint density at radius 2 is 2.00 bits per heavy atom. The van der Waals surface area contributed by atoms with Crippen LogP contribution >= 0.6 is 0 Å². The SMILES string of the molecule is CN[C@@H](C(=O)NO)c1ccccc1. The summed E-state index contributed by atoms with van der Waals surface area (Å²) in [5.41, 5.74) is 2.43. The maximum absolute atomic E-state index is 11.1.